The van der Waals surface area contributed by atoms with Crippen LogP contribution in [-0.4, -0.2) is 73.8 Å². The van der Waals surface area contributed by atoms with Crippen LogP contribution in [0.4, 0.5) is 0 Å². The third kappa shape index (κ3) is 5.53. The highest BCUT2D eigenvalue weighted by Gasteiger charge is 2.26. The molecule has 5 nitrogen and oxygen atoms in total. The van der Waals surface area contributed by atoms with Gasteiger partial charge < -0.3 is 9.64 Å². The van der Waals surface area contributed by atoms with E-state index in [0.29, 0.717) is 6.42 Å². The first-order valence-corrected chi connectivity index (χ1v) is 9.57. The normalized spacial score (nSPS) is 21.3. The lowest BCUT2D eigenvalue weighted by atomic mass is 9.91. The Hall–Kier alpha value is -1.43. The third-order valence-electron chi connectivity index (χ3n) is 5.57. The molecular weight excluding hydrogens is 314 g/mol. The number of methoxy groups -OCH3 is 1. The topological polar surface area (TPSA) is 36.0 Å². The van der Waals surface area contributed by atoms with Gasteiger partial charge in [0.2, 0.25) is 0 Å². The van der Waals surface area contributed by atoms with Crippen LogP contribution in [0.2, 0.25) is 0 Å². The maximum Gasteiger partial charge on any atom is 0.306 e. The zero-order valence-corrected chi connectivity index (χ0v) is 15.4. The van der Waals surface area contributed by atoms with Crippen molar-refractivity contribution < 1.29 is 9.53 Å². The van der Waals surface area contributed by atoms with Crippen molar-refractivity contribution in [3.63, 3.8) is 0 Å². The average Bonchev–Trinajstić information content (AvgIpc) is 2.68. The van der Waals surface area contributed by atoms with E-state index in [4.69, 9.17) is 4.74 Å². The van der Waals surface area contributed by atoms with E-state index >= 15 is 0 Å². The minimum Gasteiger partial charge on any atom is -0.469 e. The Bertz CT molecular complexity index is 521. The zero-order valence-electron chi connectivity index (χ0n) is 15.4. The summed E-state index contributed by atoms with van der Waals surface area (Å²) in [6, 6.07) is 10.9. The molecule has 0 radical (unpaired) electrons. The molecule has 138 valence electrons. The maximum absolute atomic E-state index is 11.3. The lowest BCUT2D eigenvalue weighted by Gasteiger charge is -2.44. The molecule has 2 aliphatic heterocycles. The predicted molar refractivity (Wildman–Crippen MR) is 99.1 cm³/mol. The number of ether oxygens (including phenoxy) is 1. The highest BCUT2D eigenvalue weighted by molar-refractivity contribution is 5.69. The minimum absolute atomic E-state index is 0.108. The first-order valence-electron chi connectivity index (χ1n) is 9.57. The minimum atomic E-state index is -0.108. The van der Waals surface area contributed by atoms with Gasteiger partial charge in [0.25, 0.3) is 0 Å². The second-order valence-corrected chi connectivity index (χ2v) is 7.21. The Morgan fingerprint density at radius 3 is 2.28 bits per heavy atom. The Morgan fingerprint density at radius 2 is 1.64 bits per heavy atom. The first kappa shape index (κ1) is 18.4. The lowest BCUT2D eigenvalue weighted by Crippen LogP contribution is -2.55. The summed E-state index contributed by atoms with van der Waals surface area (Å²) in [5.74, 6) is 0.711. The van der Waals surface area contributed by atoms with Gasteiger partial charge in [-0.1, -0.05) is 30.3 Å². The summed E-state index contributed by atoms with van der Waals surface area (Å²) in [5, 5.41) is 5.08. The quantitative estimate of drug-likeness (QED) is 0.738. The molecule has 0 N–H and O–H groups in total. The van der Waals surface area contributed by atoms with Gasteiger partial charge >= 0.3 is 5.97 Å². The van der Waals surface area contributed by atoms with Gasteiger partial charge in [0, 0.05) is 45.8 Å². The van der Waals surface area contributed by atoms with Gasteiger partial charge in [-0.05, 0) is 30.7 Å². The molecule has 2 aliphatic rings. The molecule has 5 heteroatoms. The van der Waals surface area contributed by atoms with Crippen LogP contribution < -0.4 is 0 Å². The molecule has 25 heavy (non-hydrogen) atoms. The van der Waals surface area contributed by atoms with Gasteiger partial charge in [-0.15, -0.1) is 0 Å². The molecule has 3 rings (SSSR count). The number of esters is 1. The number of hydrogen-bond acceptors (Lipinski definition) is 5. The molecular formula is C20H31N3O2. The molecule has 2 heterocycles. The molecule has 0 unspecified atom stereocenters. The highest BCUT2D eigenvalue weighted by atomic mass is 16.5. The molecule has 0 aliphatic carbocycles. The molecule has 0 aromatic heterocycles. The van der Waals surface area contributed by atoms with E-state index in [1.165, 1.54) is 45.0 Å². The predicted octanol–water partition coefficient (Wildman–Crippen LogP) is 2.04. The molecule has 0 atom stereocenters. The molecule has 1 aromatic carbocycles. The summed E-state index contributed by atoms with van der Waals surface area (Å²) in [6.45, 7) is 7.41. The number of hydrazine groups is 1. The second kappa shape index (κ2) is 9.32. The van der Waals surface area contributed by atoms with Crippen molar-refractivity contribution in [1.82, 2.24) is 14.9 Å². The van der Waals surface area contributed by atoms with E-state index in [-0.39, 0.29) is 5.97 Å². The van der Waals surface area contributed by atoms with E-state index in [9.17, 15) is 4.79 Å². The van der Waals surface area contributed by atoms with E-state index in [1.807, 2.05) is 0 Å². The van der Waals surface area contributed by atoms with Gasteiger partial charge in [0.05, 0.1) is 13.5 Å². The Morgan fingerprint density at radius 1 is 1.00 bits per heavy atom. The van der Waals surface area contributed by atoms with Gasteiger partial charge in [-0.2, -0.15) is 0 Å². The highest BCUT2D eigenvalue weighted by Crippen LogP contribution is 2.23. The van der Waals surface area contributed by atoms with E-state index < -0.39 is 0 Å². The Balaban J connectivity index is 1.36. The van der Waals surface area contributed by atoms with Crippen LogP contribution in [0.25, 0.3) is 0 Å². The van der Waals surface area contributed by atoms with E-state index in [1.54, 1.807) is 0 Å². The van der Waals surface area contributed by atoms with Crippen LogP contribution in [0.1, 0.15) is 24.8 Å². The molecule has 1 aromatic rings. The molecule has 2 fully saturated rings. The van der Waals surface area contributed by atoms with Crippen molar-refractivity contribution in [2.24, 2.45) is 5.92 Å². The van der Waals surface area contributed by atoms with Crippen LogP contribution in [0.5, 0.6) is 0 Å². The summed E-state index contributed by atoms with van der Waals surface area (Å²) in [6.07, 6.45) is 4.30. The van der Waals surface area contributed by atoms with Crippen LogP contribution in [-0.2, 0) is 16.0 Å². The summed E-state index contributed by atoms with van der Waals surface area (Å²) in [4.78, 5) is 13.6. The Labute approximate surface area is 151 Å². The van der Waals surface area contributed by atoms with Gasteiger partial charge in [0.1, 0.15) is 0 Å². The fourth-order valence-corrected chi connectivity index (χ4v) is 3.95. The monoisotopic (exact) mass is 345 g/mol. The number of carbonyl (C=O) groups excluding carboxylic acids is 1. The number of piperazine rings is 1. The van der Waals surface area contributed by atoms with E-state index in [2.05, 4.69) is 45.2 Å². The third-order valence-corrected chi connectivity index (χ3v) is 5.57. The standard InChI is InChI=1S/C20H31N3O2/c1-25-20(24)9-10-21-13-15-23(16-14-21)22-11-7-19(8-12-22)17-18-5-3-2-4-6-18/h2-6,19H,7-17H2,1H3. The van der Waals surface area contributed by atoms with Crippen LogP contribution in [0, 0.1) is 5.92 Å². The number of hydrogen-bond donors (Lipinski definition) is 0. The van der Waals surface area contributed by atoms with Crippen molar-refractivity contribution in [1.29, 1.82) is 0 Å². The number of nitrogens with zero attached hydrogens (tertiary/aromatic N) is 3. The average molecular weight is 345 g/mol. The zero-order chi connectivity index (χ0) is 17.5. The summed E-state index contributed by atoms with van der Waals surface area (Å²) < 4.78 is 4.73. The van der Waals surface area contributed by atoms with Crippen molar-refractivity contribution in [2.45, 2.75) is 25.7 Å². The van der Waals surface area contributed by atoms with Crippen LogP contribution in [0.15, 0.2) is 30.3 Å². The smallest absolute Gasteiger partial charge is 0.306 e. The molecule has 0 amide bonds. The second-order valence-electron chi connectivity index (χ2n) is 7.21. The molecule has 0 spiro atoms. The van der Waals surface area contributed by atoms with Crippen molar-refractivity contribution in [3.8, 4) is 0 Å². The van der Waals surface area contributed by atoms with Gasteiger partial charge in [0.15, 0.2) is 0 Å². The molecule has 0 bridgehead atoms. The van der Waals surface area contributed by atoms with Gasteiger partial charge in [-0.25, -0.2) is 10.0 Å². The number of benzene rings is 1. The van der Waals surface area contributed by atoms with Crippen molar-refractivity contribution in [2.75, 3.05) is 52.9 Å². The first-order chi connectivity index (χ1) is 12.2. The SMILES string of the molecule is COC(=O)CCN1CCN(N2CCC(Cc3ccccc3)CC2)CC1. The number of rotatable bonds is 6. The summed E-state index contributed by atoms with van der Waals surface area (Å²) in [5.41, 5.74) is 1.47. The Kier molecular flexibility index (Phi) is 6.84. The van der Waals surface area contributed by atoms with E-state index in [0.717, 1.165) is 38.6 Å². The number of piperidine rings is 1. The largest absolute Gasteiger partial charge is 0.469 e. The maximum atomic E-state index is 11.3. The summed E-state index contributed by atoms with van der Waals surface area (Å²) >= 11 is 0. The van der Waals surface area contributed by atoms with Crippen LogP contribution in [0.3, 0.4) is 0 Å². The lowest BCUT2D eigenvalue weighted by molar-refractivity contribution is -0.141. The number of carbonyl (C=O) groups is 1. The van der Waals surface area contributed by atoms with Gasteiger partial charge in [-0.3, -0.25) is 4.79 Å². The summed E-state index contributed by atoms with van der Waals surface area (Å²) in [7, 11) is 1.46. The van der Waals surface area contributed by atoms with Crippen molar-refractivity contribution >= 4 is 5.97 Å². The molecule has 2 saturated heterocycles. The fourth-order valence-electron chi connectivity index (χ4n) is 3.95. The molecule has 0 saturated carbocycles. The fraction of sp³-hybridized carbons (Fsp3) is 0.650. The van der Waals surface area contributed by atoms with Crippen LogP contribution >= 0.6 is 0 Å². The van der Waals surface area contributed by atoms with Crippen molar-refractivity contribution in [3.05, 3.63) is 35.9 Å².